The van der Waals surface area contributed by atoms with Crippen LogP contribution in [0.15, 0.2) is 18.3 Å². The molecule has 0 saturated carbocycles. The first-order chi connectivity index (χ1) is 9.10. The second kappa shape index (κ2) is 7.89. The molecule has 1 heterocycles. The SMILES string of the molecule is CCC(CC)CN(CC)Cc1ccnc(C(=O)O)c1. The Morgan fingerprint density at radius 2 is 2.05 bits per heavy atom. The number of aromatic carboxylic acids is 1. The molecule has 0 atom stereocenters. The topological polar surface area (TPSA) is 53.4 Å². The van der Waals surface area contributed by atoms with E-state index in [9.17, 15) is 4.79 Å². The molecule has 0 bridgehead atoms. The van der Waals surface area contributed by atoms with E-state index in [2.05, 4.69) is 30.7 Å². The van der Waals surface area contributed by atoms with Crippen LogP contribution in [0.5, 0.6) is 0 Å². The Hall–Kier alpha value is -1.42. The molecule has 106 valence electrons. The monoisotopic (exact) mass is 264 g/mol. The highest BCUT2D eigenvalue weighted by Gasteiger charge is 2.12. The van der Waals surface area contributed by atoms with Gasteiger partial charge in [0, 0.05) is 19.3 Å². The second-order valence-electron chi connectivity index (χ2n) is 4.86. The number of nitrogens with zero attached hydrogens (tertiary/aromatic N) is 2. The summed E-state index contributed by atoms with van der Waals surface area (Å²) in [5.74, 6) is -0.259. The number of aromatic nitrogens is 1. The third-order valence-corrected chi connectivity index (χ3v) is 3.57. The zero-order valence-corrected chi connectivity index (χ0v) is 12.1. The maximum absolute atomic E-state index is 10.9. The molecule has 19 heavy (non-hydrogen) atoms. The Morgan fingerprint density at radius 3 is 2.58 bits per heavy atom. The molecule has 1 rings (SSSR count). The van der Waals surface area contributed by atoms with Gasteiger partial charge in [-0.05, 0) is 30.2 Å². The highest BCUT2D eigenvalue weighted by atomic mass is 16.4. The molecule has 0 radical (unpaired) electrons. The maximum Gasteiger partial charge on any atom is 0.354 e. The van der Waals surface area contributed by atoms with E-state index in [0.29, 0.717) is 5.92 Å². The fraction of sp³-hybridized carbons (Fsp3) is 0.600. The van der Waals surface area contributed by atoms with Gasteiger partial charge in [0.25, 0.3) is 0 Å². The van der Waals surface area contributed by atoms with Gasteiger partial charge < -0.3 is 5.11 Å². The van der Waals surface area contributed by atoms with Crippen molar-refractivity contribution in [2.24, 2.45) is 5.92 Å². The van der Waals surface area contributed by atoms with E-state index in [1.54, 1.807) is 12.3 Å². The zero-order valence-electron chi connectivity index (χ0n) is 12.1. The number of carboxylic acid groups (broad SMARTS) is 1. The predicted molar refractivity (Wildman–Crippen MR) is 76.2 cm³/mol. The summed E-state index contributed by atoms with van der Waals surface area (Å²) in [5.41, 5.74) is 1.14. The number of pyridine rings is 1. The van der Waals surface area contributed by atoms with Crippen molar-refractivity contribution in [2.75, 3.05) is 13.1 Å². The largest absolute Gasteiger partial charge is 0.477 e. The lowest BCUT2D eigenvalue weighted by Gasteiger charge is -2.25. The summed E-state index contributed by atoms with van der Waals surface area (Å²) in [5, 5.41) is 8.95. The molecule has 4 heteroatoms. The molecule has 0 aliphatic rings. The van der Waals surface area contributed by atoms with E-state index in [-0.39, 0.29) is 5.69 Å². The summed E-state index contributed by atoms with van der Waals surface area (Å²) < 4.78 is 0. The first-order valence-electron chi connectivity index (χ1n) is 7.01. The molecule has 0 amide bonds. The van der Waals surface area contributed by atoms with Crippen LogP contribution in [0.1, 0.15) is 49.7 Å². The minimum atomic E-state index is -0.968. The lowest BCUT2D eigenvalue weighted by Crippen LogP contribution is -2.28. The standard InChI is InChI=1S/C15H24N2O2/c1-4-12(5-2)10-17(6-3)11-13-7-8-16-14(9-13)15(18)19/h7-9,12H,4-6,10-11H2,1-3H3,(H,18,19). The van der Waals surface area contributed by atoms with E-state index in [1.807, 2.05) is 6.07 Å². The molecule has 0 unspecified atom stereocenters. The normalized spacial score (nSPS) is 11.2. The molecule has 0 spiro atoms. The summed E-state index contributed by atoms with van der Waals surface area (Å²) in [6, 6.07) is 3.56. The predicted octanol–water partition coefficient (Wildman–Crippen LogP) is 3.04. The summed E-state index contributed by atoms with van der Waals surface area (Å²) in [7, 11) is 0. The lowest BCUT2D eigenvalue weighted by atomic mass is 10.0. The van der Waals surface area contributed by atoms with Gasteiger partial charge in [-0.15, -0.1) is 0 Å². The summed E-state index contributed by atoms with van der Waals surface area (Å²) >= 11 is 0. The van der Waals surface area contributed by atoms with Gasteiger partial charge in [-0.25, -0.2) is 9.78 Å². The number of carboxylic acids is 1. The van der Waals surface area contributed by atoms with Gasteiger partial charge in [-0.3, -0.25) is 4.90 Å². The molecular formula is C15H24N2O2. The maximum atomic E-state index is 10.9. The average molecular weight is 264 g/mol. The highest BCUT2D eigenvalue weighted by Crippen LogP contribution is 2.13. The van der Waals surface area contributed by atoms with Crippen molar-refractivity contribution >= 4 is 5.97 Å². The van der Waals surface area contributed by atoms with Crippen LogP contribution >= 0.6 is 0 Å². The van der Waals surface area contributed by atoms with Crippen LogP contribution in [0.3, 0.4) is 0 Å². The van der Waals surface area contributed by atoms with Crippen LogP contribution < -0.4 is 0 Å². The van der Waals surface area contributed by atoms with Crippen molar-refractivity contribution in [3.63, 3.8) is 0 Å². The zero-order chi connectivity index (χ0) is 14.3. The van der Waals surface area contributed by atoms with E-state index in [4.69, 9.17) is 5.11 Å². The van der Waals surface area contributed by atoms with Crippen LogP contribution in [-0.2, 0) is 6.54 Å². The molecule has 0 saturated heterocycles. The number of hydrogen-bond donors (Lipinski definition) is 1. The molecule has 0 aliphatic carbocycles. The first kappa shape index (κ1) is 15.6. The van der Waals surface area contributed by atoms with Crippen molar-refractivity contribution in [1.82, 2.24) is 9.88 Å². The van der Waals surface area contributed by atoms with Crippen LogP contribution in [0.4, 0.5) is 0 Å². The molecular weight excluding hydrogens is 240 g/mol. The van der Waals surface area contributed by atoms with Gasteiger partial charge >= 0.3 is 5.97 Å². The molecule has 1 aromatic rings. The van der Waals surface area contributed by atoms with Gasteiger partial charge in [0.15, 0.2) is 0 Å². The third kappa shape index (κ3) is 4.99. The highest BCUT2D eigenvalue weighted by molar-refractivity contribution is 5.85. The summed E-state index contributed by atoms with van der Waals surface area (Å²) in [4.78, 5) is 17.1. The Bertz CT molecular complexity index is 403. The van der Waals surface area contributed by atoms with Crippen molar-refractivity contribution in [2.45, 2.75) is 40.2 Å². The van der Waals surface area contributed by atoms with Gasteiger partial charge in [-0.1, -0.05) is 33.6 Å². The molecule has 0 aliphatic heterocycles. The van der Waals surface area contributed by atoms with E-state index in [1.165, 1.54) is 12.8 Å². The lowest BCUT2D eigenvalue weighted by molar-refractivity contribution is 0.0690. The number of hydrogen-bond acceptors (Lipinski definition) is 3. The minimum Gasteiger partial charge on any atom is -0.477 e. The molecule has 1 aromatic heterocycles. The van der Waals surface area contributed by atoms with E-state index >= 15 is 0 Å². The molecule has 0 fully saturated rings. The van der Waals surface area contributed by atoms with Crippen LogP contribution in [0.2, 0.25) is 0 Å². The van der Waals surface area contributed by atoms with Crippen LogP contribution in [0.25, 0.3) is 0 Å². The Morgan fingerprint density at radius 1 is 1.37 bits per heavy atom. The van der Waals surface area contributed by atoms with Crippen molar-refractivity contribution in [1.29, 1.82) is 0 Å². The van der Waals surface area contributed by atoms with Crippen LogP contribution in [0, 0.1) is 5.92 Å². The van der Waals surface area contributed by atoms with Gasteiger partial charge in [0.1, 0.15) is 5.69 Å². The van der Waals surface area contributed by atoms with E-state index < -0.39 is 5.97 Å². The molecule has 0 aromatic carbocycles. The summed E-state index contributed by atoms with van der Waals surface area (Å²) in [6.07, 6.45) is 3.94. The van der Waals surface area contributed by atoms with Crippen LogP contribution in [-0.4, -0.2) is 34.0 Å². The molecule has 1 N–H and O–H groups in total. The van der Waals surface area contributed by atoms with Crippen molar-refractivity contribution in [3.8, 4) is 0 Å². The number of rotatable bonds is 8. The number of carbonyl (C=O) groups is 1. The van der Waals surface area contributed by atoms with Gasteiger partial charge in [0.05, 0.1) is 0 Å². The van der Waals surface area contributed by atoms with Gasteiger partial charge in [-0.2, -0.15) is 0 Å². The van der Waals surface area contributed by atoms with Crippen molar-refractivity contribution < 1.29 is 9.90 Å². The second-order valence-corrected chi connectivity index (χ2v) is 4.86. The molecule has 4 nitrogen and oxygen atoms in total. The van der Waals surface area contributed by atoms with Crippen molar-refractivity contribution in [3.05, 3.63) is 29.6 Å². The fourth-order valence-corrected chi connectivity index (χ4v) is 2.17. The fourth-order valence-electron chi connectivity index (χ4n) is 2.17. The first-order valence-corrected chi connectivity index (χ1v) is 7.01. The van der Waals surface area contributed by atoms with E-state index in [0.717, 1.165) is 25.2 Å². The average Bonchev–Trinajstić information content (AvgIpc) is 2.43. The Balaban J connectivity index is 2.69. The minimum absolute atomic E-state index is 0.121. The Labute approximate surface area is 115 Å². The summed E-state index contributed by atoms with van der Waals surface area (Å²) in [6.45, 7) is 9.40. The van der Waals surface area contributed by atoms with Gasteiger partial charge in [0.2, 0.25) is 0 Å². The Kier molecular flexibility index (Phi) is 6.50. The smallest absolute Gasteiger partial charge is 0.354 e. The third-order valence-electron chi connectivity index (χ3n) is 3.57. The quantitative estimate of drug-likeness (QED) is 0.784.